The minimum Gasteiger partial charge on any atom is -0.310 e. The molecule has 3 heteroatoms. The van der Waals surface area contributed by atoms with Crippen LogP contribution in [0.15, 0.2) is 188 Å². The second-order valence-corrected chi connectivity index (χ2v) is 25.1. The van der Waals surface area contributed by atoms with E-state index in [0.29, 0.717) is 0 Å². The Balaban J connectivity index is 1.05. The third kappa shape index (κ3) is 7.90. The molecule has 0 atom stereocenters. The van der Waals surface area contributed by atoms with Crippen LogP contribution in [-0.2, 0) is 10.8 Å². The van der Waals surface area contributed by atoms with Gasteiger partial charge in [-0.2, -0.15) is 10.5 Å². The molecule has 3 nitrogen and oxygen atoms in total. The minimum atomic E-state index is 0.0305. The Bertz CT molecular complexity index is 4750. The van der Waals surface area contributed by atoms with Gasteiger partial charge in [0.25, 0.3) is 0 Å². The third-order valence-electron chi connectivity index (χ3n) is 17.4. The van der Waals surface area contributed by atoms with Crippen LogP contribution in [-0.4, -0.2) is 0 Å². The van der Waals surface area contributed by atoms with Gasteiger partial charge in [-0.1, -0.05) is 179 Å². The maximum atomic E-state index is 9.78. The molecule has 12 aromatic carbocycles. The van der Waals surface area contributed by atoms with Crippen LogP contribution in [0.25, 0.3) is 127 Å². The lowest BCUT2D eigenvalue weighted by atomic mass is 9.84. The molecule has 2 aliphatic carbocycles. The number of benzene rings is 12. The van der Waals surface area contributed by atoms with Gasteiger partial charge in [-0.25, -0.2) is 0 Å². The third-order valence-corrected chi connectivity index (χ3v) is 17.4. The summed E-state index contributed by atoms with van der Waals surface area (Å²) >= 11 is 0. The normalized spacial score (nSPS) is 12.3. The minimum absolute atomic E-state index is 0.0305. The predicted octanol–water partition coefficient (Wildman–Crippen LogP) is 21.8. The Hall–Kier alpha value is -9.54. The Morgan fingerprint density at radius 2 is 0.728 bits per heavy atom. The first-order chi connectivity index (χ1) is 38.9. The van der Waals surface area contributed by atoms with Crippen molar-refractivity contribution in [1.82, 2.24) is 0 Å². The van der Waals surface area contributed by atoms with E-state index in [-0.39, 0.29) is 16.4 Å². The number of rotatable bonds is 6. The van der Waals surface area contributed by atoms with E-state index in [9.17, 15) is 10.5 Å². The second-order valence-electron chi connectivity index (χ2n) is 25.1. The molecule has 0 bridgehead atoms. The van der Waals surface area contributed by atoms with E-state index in [4.69, 9.17) is 0 Å². The number of fused-ring (bicyclic) bond motifs is 11. The van der Waals surface area contributed by atoms with Crippen LogP contribution >= 0.6 is 0 Å². The standard InChI is InChI=1S/C78H61N3/c1-44-29-45(2)32-50(31-44)62-36-71-70(72-40-64-57-14-11-13-56-49(35-48(42-79)43-80)17-26-59(75(56)57)66(64)38-68(62)72)37-63(51-33-46(3)30-47(4)34-51)69-39-67-60-27-28-74(61-16-12-15-58(76(60)61)65(67)41-73(69)71)81(54-22-18-52(19-23-54)77(5,6)7)55-24-20-53(21-25-55)78(8,9)10/h11-41H,1-10H3. The molecule has 0 saturated carbocycles. The van der Waals surface area contributed by atoms with Crippen molar-refractivity contribution < 1.29 is 0 Å². The maximum absolute atomic E-state index is 9.78. The molecule has 0 heterocycles. The van der Waals surface area contributed by atoms with Gasteiger partial charge in [0, 0.05) is 16.8 Å². The number of hydrogen-bond acceptors (Lipinski definition) is 3. The van der Waals surface area contributed by atoms with Crippen molar-refractivity contribution in [3.63, 3.8) is 0 Å². The Labute approximate surface area is 475 Å². The first-order valence-corrected chi connectivity index (χ1v) is 28.3. The van der Waals surface area contributed by atoms with E-state index < -0.39 is 0 Å². The highest BCUT2D eigenvalue weighted by atomic mass is 15.1. The molecule has 0 fully saturated rings. The number of nitrogens with zero attached hydrogens (tertiary/aromatic N) is 3. The van der Waals surface area contributed by atoms with Crippen molar-refractivity contribution in [3.8, 4) is 78.9 Å². The summed E-state index contributed by atoms with van der Waals surface area (Å²) in [6, 6.07) is 73.8. The predicted molar refractivity (Wildman–Crippen MR) is 344 cm³/mol. The Morgan fingerprint density at radius 1 is 0.358 bits per heavy atom. The molecule has 0 aliphatic heterocycles. The molecule has 0 amide bonds. The SMILES string of the molecule is Cc1cc(C)cc(-c2cc3c4cc5c(cc4c(-c4cc(C)cc(C)c4)cc3c3cc4c(cc23)-c2ccc(C=C(C#N)C#N)c3cccc-4c23)-c2ccc(N(c3ccc(C(C)(C)C)cc3)c3ccc(C(C)(C)C)cc3)c3cccc-5c23)c1. The van der Waals surface area contributed by atoms with Gasteiger partial charge in [0.05, 0.1) is 5.69 Å². The van der Waals surface area contributed by atoms with Gasteiger partial charge in [0.1, 0.15) is 17.7 Å². The highest BCUT2D eigenvalue weighted by Gasteiger charge is 2.30. The summed E-state index contributed by atoms with van der Waals surface area (Å²) < 4.78 is 0. The average molecular weight is 1040 g/mol. The van der Waals surface area contributed by atoms with E-state index >= 15 is 0 Å². The summed E-state index contributed by atoms with van der Waals surface area (Å²) in [6.45, 7) is 22.5. The van der Waals surface area contributed by atoms with Crippen LogP contribution in [0.2, 0.25) is 0 Å². The van der Waals surface area contributed by atoms with Crippen molar-refractivity contribution in [3.05, 3.63) is 227 Å². The van der Waals surface area contributed by atoms with Crippen LogP contribution in [0.5, 0.6) is 0 Å². The van der Waals surface area contributed by atoms with Gasteiger partial charge in [0.15, 0.2) is 0 Å². The van der Waals surface area contributed by atoms with E-state index in [1.165, 1.54) is 138 Å². The van der Waals surface area contributed by atoms with Gasteiger partial charge >= 0.3 is 0 Å². The molecule has 14 rings (SSSR count). The lowest BCUT2D eigenvalue weighted by Gasteiger charge is -2.29. The quantitative estimate of drug-likeness (QED) is 0.123. The van der Waals surface area contributed by atoms with Crippen molar-refractivity contribution in [1.29, 1.82) is 10.5 Å². The fourth-order valence-corrected chi connectivity index (χ4v) is 13.7. The monoisotopic (exact) mass is 1040 g/mol. The van der Waals surface area contributed by atoms with Gasteiger partial charge in [0.2, 0.25) is 0 Å². The van der Waals surface area contributed by atoms with Gasteiger partial charge < -0.3 is 4.90 Å². The first kappa shape index (κ1) is 49.7. The molecule has 0 radical (unpaired) electrons. The number of anilines is 3. The Morgan fingerprint density at radius 3 is 1.16 bits per heavy atom. The Kier molecular flexibility index (Phi) is 11.0. The zero-order valence-electron chi connectivity index (χ0n) is 47.7. The van der Waals surface area contributed by atoms with Crippen LogP contribution in [0.4, 0.5) is 17.1 Å². The van der Waals surface area contributed by atoms with Crippen molar-refractivity contribution in [2.75, 3.05) is 4.90 Å². The molecule has 388 valence electrons. The van der Waals surface area contributed by atoms with E-state index in [0.717, 1.165) is 39.0 Å². The topological polar surface area (TPSA) is 50.8 Å². The van der Waals surface area contributed by atoms with Gasteiger partial charge in [-0.15, -0.1) is 0 Å². The lowest BCUT2D eigenvalue weighted by Crippen LogP contribution is -2.14. The number of nitriles is 2. The molecule has 12 aromatic rings. The fourth-order valence-electron chi connectivity index (χ4n) is 13.7. The van der Waals surface area contributed by atoms with E-state index in [2.05, 4.69) is 268 Å². The largest absolute Gasteiger partial charge is 0.310 e. The van der Waals surface area contributed by atoms with Crippen LogP contribution in [0.1, 0.15) is 80.5 Å². The smallest absolute Gasteiger partial charge is 0.130 e. The molecular formula is C78H61N3. The van der Waals surface area contributed by atoms with E-state index in [1.807, 2.05) is 0 Å². The van der Waals surface area contributed by atoms with E-state index in [1.54, 1.807) is 6.08 Å². The summed E-state index contributed by atoms with van der Waals surface area (Å²) in [6.07, 6.45) is 1.72. The zero-order valence-corrected chi connectivity index (χ0v) is 47.7. The summed E-state index contributed by atoms with van der Waals surface area (Å²) in [5, 5.41) is 31.5. The van der Waals surface area contributed by atoms with Crippen LogP contribution < -0.4 is 4.90 Å². The molecular weight excluding hydrogens is 979 g/mol. The summed E-state index contributed by atoms with van der Waals surface area (Å²) in [4.78, 5) is 2.46. The highest BCUT2D eigenvalue weighted by molar-refractivity contribution is 6.30. The first-order valence-electron chi connectivity index (χ1n) is 28.3. The molecule has 0 aromatic heterocycles. The number of aryl methyl sites for hydroxylation is 4. The zero-order chi connectivity index (χ0) is 56.0. The lowest BCUT2D eigenvalue weighted by molar-refractivity contribution is 0.590. The summed E-state index contributed by atoms with van der Waals surface area (Å²) in [7, 11) is 0. The molecule has 0 N–H and O–H groups in total. The summed E-state index contributed by atoms with van der Waals surface area (Å²) in [5.74, 6) is 0. The molecule has 0 saturated heterocycles. The summed E-state index contributed by atoms with van der Waals surface area (Å²) in [5.41, 5.74) is 26.5. The highest BCUT2D eigenvalue weighted by Crippen LogP contribution is 2.56. The van der Waals surface area contributed by atoms with Crippen molar-refractivity contribution in [2.24, 2.45) is 0 Å². The molecule has 0 unspecified atom stereocenters. The van der Waals surface area contributed by atoms with Crippen molar-refractivity contribution >= 4 is 77.0 Å². The molecule has 0 spiro atoms. The molecule has 2 aliphatic rings. The molecule has 81 heavy (non-hydrogen) atoms. The maximum Gasteiger partial charge on any atom is 0.130 e. The average Bonchev–Trinajstić information content (AvgIpc) is 3.57. The van der Waals surface area contributed by atoms with Gasteiger partial charge in [-0.05, 0) is 243 Å². The van der Waals surface area contributed by atoms with Crippen LogP contribution in [0.3, 0.4) is 0 Å². The van der Waals surface area contributed by atoms with Gasteiger partial charge in [-0.3, -0.25) is 0 Å². The number of allylic oxidation sites excluding steroid dienone is 1. The number of hydrogen-bond donors (Lipinski definition) is 0. The second kappa shape index (κ2) is 18.0. The van der Waals surface area contributed by atoms with Crippen LogP contribution in [0, 0.1) is 50.4 Å². The fraction of sp³-hybridized carbons (Fsp3) is 0.154. The van der Waals surface area contributed by atoms with Crippen molar-refractivity contribution in [2.45, 2.75) is 80.1 Å².